The lowest BCUT2D eigenvalue weighted by Gasteiger charge is -2.08. The molecular weight excluding hydrogens is 383 g/mol. The molecule has 3 aromatic carbocycles. The molecule has 0 bridgehead atoms. The Morgan fingerprint density at radius 3 is 2.83 bits per heavy atom. The van der Waals surface area contributed by atoms with Gasteiger partial charge < -0.3 is 20.4 Å². The molecule has 1 aromatic heterocycles. The number of hydrogen-bond donors (Lipinski definition) is 3. The molecule has 30 heavy (non-hydrogen) atoms. The maximum absolute atomic E-state index is 14.3. The zero-order valence-corrected chi connectivity index (χ0v) is 16.3. The molecule has 0 atom stereocenters. The van der Waals surface area contributed by atoms with Crippen molar-refractivity contribution in [2.75, 3.05) is 12.4 Å². The molecule has 0 fully saturated rings. The number of ether oxygens (including phenoxy) is 1. The molecule has 1 amide bonds. The lowest BCUT2D eigenvalue weighted by atomic mass is 10.1. The van der Waals surface area contributed by atoms with Crippen LogP contribution in [0.5, 0.6) is 5.75 Å². The van der Waals surface area contributed by atoms with E-state index in [9.17, 15) is 9.18 Å². The summed E-state index contributed by atoms with van der Waals surface area (Å²) >= 11 is 0. The minimum atomic E-state index is -0.508. The molecule has 1 aliphatic heterocycles. The number of H-pyrrole nitrogens is 1. The molecule has 1 aliphatic rings. The van der Waals surface area contributed by atoms with Crippen molar-refractivity contribution in [1.82, 2.24) is 15.3 Å². The van der Waals surface area contributed by atoms with Crippen LogP contribution in [-0.4, -0.2) is 23.0 Å². The SMILES string of the molecule is COc1cccc(-c2nc3c(C(=O)Nc4ccc5c(c4)CNC5)cc(F)cc3[nH]2)c1. The first-order chi connectivity index (χ1) is 14.6. The van der Waals surface area contributed by atoms with Crippen LogP contribution in [0, 0.1) is 5.82 Å². The highest BCUT2D eigenvalue weighted by molar-refractivity contribution is 6.11. The Labute approximate surface area is 172 Å². The van der Waals surface area contributed by atoms with Crippen LogP contribution >= 0.6 is 0 Å². The second kappa shape index (κ2) is 7.27. The monoisotopic (exact) mass is 402 g/mol. The van der Waals surface area contributed by atoms with E-state index in [1.54, 1.807) is 7.11 Å². The van der Waals surface area contributed by atoms with Gasteiger partial charge in [-0.3, -0.25) is 4.79 Å². The molecule has 0 saturated heterocycles. The molecule has 6 nitrogen and oxygen atoms in total. The van der Waals surface area contributed by atoms with Crippen LogP contribution in [0.4, 0.5) is 10.1 Å². The predicted octanol–water partition coefficient (Wildman–Crippen LogP) is 4.23. The highest BCUT2D eigenvalue weighted by Gasteiger charge is 2.18. The summed E-state index contributed by atoms with van der Waals surface area (Å²) in [5, 5.41) is 6.14. The Bertz CT molecular complexity index is 1280. The third-order valence-electron chi connectivity index (χ3n) is 5.23. The number of aromatic amines is 1. The highest BCUT2D eigenvalue weighted by Crippen LogP contribution is 2.27. The third-order valence-corrected chi connectivity index (χ3v) is 5.23. The van der Waals surface area contributed by atoms with Gasteiger partial charge in [0.2, 0.25) is 0 Å². The van der Waals surface area contributed by atoms with E-state index in [2.05, 4.69) is 20.6 Å². The lowest BCUT2D eigenvalue weighted by molar-refractivity contribution is 0.102. The minimum absolute atomic E-state index is 0.175. The Hall–Kier alpha value is -3.71. The number of nitrogens with one attached hydrogen (secondary N) is 3. The second-order valence-corrected chi connectivity index (χ2v) is 7.21. The van der Waals surface area contributed by atoms with Crippen LogP contribution in [0.2, 0.25) is 0 Å². The van der Waals surface area contributed by atoms with E-state index in [4.69, 9.17) is 4.74 Å². The van der Waals surface area contributed by atoms with Crippen molar-refractivity contribution in [3.63, 3.8) is 0 Å². The molecule has 150 valence electrons. The summed E-state index contributed by atoms with van der Waals surface area (Å²) in [6, 6.07) is 15.7. The van der Waals surface area contributed by atoms with Crippen molar-refractivity contribution in [3.05, 3.63) is 77.1 Å². The number of anilines is 1. The minimum Gasteiger partial charge on any atom is -0.497 e. The second-order valence-electron chi connectivity index (χ2n) is 7.21. The summed E-state index contributed by atoms with van der Waals surface area (Å²) in [6.45, 7) is 1.60. The van der Waals surface area contributed by atoms with Crippen LogP contribution in [0.25, 0.3) is 22.4 Å². The number of imidazole rings is 1. The number of halogens is 1. The zero-order chi connectivity index (χ0) is 20.7. The van der Waals surface area contributed by atoms with E-state index < -0.39 is 11.7 Å². The Kier molecular flexibility index (Phi) is 4.44. The van der Waals surface area contributed by atoms with Gasteiger partial charge in [-0.15, -0.1) is 0 Å². The van der Waals surface area contributed by atoms with Crippen molar-refractivity contribution in [1.29, 1.82) is 0 Å². The van der Waals surface area contributed by atoms with E-state index in [0.717, 1.165) is 24.2 Å². The van der Waals surface area contributed by atoms with Crippen LogP contribution in [0.1, 0.15) is 21.5 Å². The van der Waals surface area contributed by atoms with Crippen molar-refractivity contribution < 1.29 is 13.9 Å². The van der Waals surface area contributed by atoms with Gasteiger partial charge >= 0.3 is 0 Å². The number of aromatic nitrogens is 2. The number of hydrogen-bond acceptors (Lipinski definition) is 4. The molecule has 0 saturated carbocycles. The fourth-order valence-corrected chi connectivity index (χ4v) is 3.73. The summed E-state index contributed by atoms with van der Waals surface area (Å²) in [4.78, 5) is 20.6. The normalized spacial score (nSPS) is 12.7. The molecular formula is C23H19FN4O2. The number of carbonyl (C=O) groups excluding carboxylic acids is 1. The van der Waals surface area contributed by atoms with Gasteiger partial charge in [-0.05, 0) is 47.5 Å². The van der Waals surface area contributed by atoms with Gasteiger partial charge in [-0.2, -0.15) is 0 Å². The van der Waals surface area contributed by atoms with Gasteiger partial charge in [0.05, 0.1) is 18.2 Å². The van der Waals surface area contributed by atoms with Crippen LogP contribution in [-0.2, 0) is 13.1 Å². The van der Waals surface area contributed by atoms with Gasteiger partial charge in [-0.25, -0.2) is 9.37 Å². The largest absolute Gasteiger partial charge is 0.497 e. The molecule has 5 rings (SSSR count). The first kappa shape index (κ1) is 18.3. The van der Waals surface area contributed by atoms with Crippen LogP contribution in [0.3, 0.4) is 0 Å². The molecule has 0 unspecified atom stereocenters. The fourth-order valence-electron chi connectivity index (χ4n) is 3.73. The van der Waals surface area contributed by atoms with Gasteiger partial charge in [-0.1, -0.05) is 18.2 Å². The van der Waals surface area contributed by atoms with Crippen LogP contribution < -0.4 is 15.4 Å². The van der Waals surface area contributed by atoms with E-state index in [1.165, 1.54) is 17.7 Å². The maximum Gasteiger partial charge on any atom is 0.258 e. The summed E-state index contributed by atoms with van der Waals surface area (Å²) in [5.74, 6) is 0.302. The summed E-state index contributed by atoms with van der Waals surface area (Å²) in [7, 11) is 1.59. The number of benzene rings is 3. The summed E-state index contributed by atoms with van der Waals surface area (Å²) in [6.07, 6.45) is 0. The van der Waals surface area contributed by atoms with Crippen molar-refractivity contribution >= 4 is 22.6 Å². The van der Waals surface area contributed by atoms with Gasteiger partial charge in [0.25, 0.3) is 5.91 Å². The Balaban J connectivity index is 1.52. The Morgan fingerprint density at radius 2 is 1.97 bits per heavy atom. The molecule has 0 spiro atoms. The zero-order valence-electron chi connectivity index (χ0n) is 16.3. The van der Waals surface area contributed by atoms with Crippen molar-refractivity contribution in [2.24, 2.45) is 0 Å². The number of fused-ring (bicyclic) bond motifs is 2. The van der Waals surface area contributed by atoms with Gasteiger partial charge in [0.15, 0.2) is 0 Å². The number of amides is 1. The number of methoxy groups -OCH3 is 1. The number of rotatable bonds is 4. The van der Waals surface area contributed by atoms with E-state index in [0.29, 0.717) is 28.3 Å². The molecule has 7 heteroatoms. The molecule has 0 radical (unpaired) electrons. The first-order valence-electron chi connectivity index (χ1n) is 9.58. The number of carbonyl (C=O) groups is 1. The standard InChI is InChI=1S/C23H19FN4O2/c1-30-18-4-2-3-13(8-18)22-27-20-10-16(24)9-19(21(20)28-22)23(29)26-17-6-5-14-11-25-12-15(14)7-17/h2-10,25H,11-12H2,1H3,(H,26,29)(H,27,28). The third kappa shape index (κ3) is 3.29. The quantitative estimate of drug-likeness (QED) is 0.477. The van der Waals surface area contributed by atoms with Crippen molar-refractivity contribution in [3.8, 4) is 17.1 Å². The lowest BCUT2D eigenvalue weighted by Crippen LogP contribution is -2.13. The van der Waals surface area contributed by atoms with E-state index in [-0.39, 0.29) is 5.56 Å². The topological polar surface area (TPSA) is 79.0 Å². The number of nitrogens with zero attached hydrogens (tertiary/aromatic N) is 1. The predicted molar refractivity (Wildman–Crippen MR) is 113 cm³/mol. The van der Waals surface area contributed by atoms with E-state index in [1.807, 2.05) is 42.5 Å². The molecule has 3 N–H and O–H groups in total. The first-order valence-corrected chi connectivity index (χ1v) is 9.58. The van der Waals surface area contributed by atoms with Crippen molar-refractivity contribution in [2.45, 2.75) is 13.1 Å². The molecule has 0 aliphatic carbocycles. The van der Waals surface area contributed by atoms with Crippen LogP contribution in [0.15, 0.2) is 54.6 Å². The fraction of sp³-hybridized carbons (Fsp3) is 0.130. The van der Waals surface area contributed by atoms with Gasteiger partial charge in [0.1, 0.15) is 22.9 Å². The molecule has 4 aromatic rings. The average Bonchev–Trinajstić information content (AvgIpc) is 3.39. The molecule has 2 heterocycles. The van der Waals surface area contributed by atoms with Gasteiger partial charge in [0, 0.05) is 24.3 Å². The maximum atomic E-state index is 14.3. The smallest absolute Gasteiger partial charge is 0.258 e. The summed E-state index contributed by atoms with van der Waals surface area (Å²) in [5.41, 5.74) is 4.86. The highest BCUT2D eigenvalue weighted by atomic mass is 19.1. The average molecular weight is 402 g/mol. The summed E-state index contributed by atoms with van der Waals surface area (Å²) < 4.78 is 19.5. The van der Waals surface area contributed by atoms with E-state index >= 15 is 0 Å². The Morgan fingerprint density at radius 1 is 1.10 bits per heavy atom.